The minimum absolute atomic E-state index is 0.719. The average molecular weight is 203 g/mol. The van der Waals surface area contributed by atoms with Gasteiger partial charge < -0.3 is 0 Å². The summed E-state index contributed by atoms with van der Waals surface area (Å²) in [6, 6.07) is 1.92. The maximum absolute atomic E-state index is 5.55. The molecule has 2 nitrogen and oxygen atoms in total. The van der Waals surface area contributed by atoms with E-state index in [9.17, 15) is 0 Å². The molecule has 66 valence electrons. The lowest BCUT2D eigenvalue weighted by Gasteiger charge is -1.98. The molecule has 0 spiro atoms. The van der Waals surface area contributed by atoms with E-state index in [1.165, 1.54) is 0 Å². The molecular formula is C8H11ClN2S. The van der Waals surface area contributed by atoms with E-state index in [1.807, 2.05) is 13.0 Å². The van der Waals surface area contributed by atoms with Crippen molar-refractivity contribution in [2.45, 2.75) is 18.4 Å². The lowest BCUT2D eigenvalue weighted by molar-refractivity contribution is 0.964. The van der Waals surface area contributed by atoms with Gasteiger partial charge in [-0.25, -0.2) is 9.97 Å². The summed E-state index contributed by atoms with van der Waals surface area (Å²) >= 11 is 7.28. The van der Waals surface area contributed by atoms with Crippen LogP contribution in [0.2, 0.25) is 0 Å². The van der Waals surface area contributed by atoms with Crippen molar-refractivity contribution in [3.63, 3.8) is 0 Å². The van der Waals surface area contributed by atoms with Crippen molar-refractivity contribution in [2.24, 2.45) is 0 Å². The zero-order chi connectivity index (χ0) is 8.81. The van der Waals surface area contributed by atoms with Gasteiger partial charge in [0.05, 0.1) is 5.03 Å². The highest BCUT2D eigenvalue weighted by Crippen LogP contribution is 2.15. The maximum Gasteiger partial charge on any atom is 0.126 e. The zero-order valence-corrected chi connectivity index (χ0v) is 8.53. The first kappa shape index (κ1) is 9.81. The fourth-order valence-corrected chi connectivity index (χ4v) is 1.89. The first-order valence-electron chi connectivity index (χ1n) is 3.81. The number of rotatable bonds is 4. The number of alkyl halides is 1. The van der Waals surface area contributed by atoms with Crippen molar-refractivity contribution in [1.29, 1.82) is 0 Å². The van der Waals surface area contributed by atoms with E-state index in [0.717, 1.165) is 28.9 Å². The van der Waals surface area contributed by atoms with E-state index < -0.39 is 0 Å². The summed E-state index contributed by atoms with van der Waals surface area (Å²) in [6.07, 6.45) is 2.81. The number of hydrogen-bond donors (Lipinski definition) is 0. The van der Waals surface area contributed by atoms with Crippen molar-refractivity contribution in [1.82, 2.24) is 9.97 Å². The number of halogens is 1. The van der Waals surface area contributed by atoms with Gasteiger partial charge in [-0.3, -0.25) is 0 Å². The van der Waals surface area contributed by atoms with Gasteiger partial charge in [0.25, 0.3) is 0 Å². The Kier molecular flexibility index (Phi) is 4.40. The van der Waals surface area contributed by atoms with Gasteiger partial charge in [-0.2, -0.15) is 0 Å². The van der Waals surface area contributed by atoms with Crippen LogP contribution in [0.15, 0.2) is 17.3 Å². The molecule has 0 aromatic carbocycles. The first-order chi connectivity index (χ1) is 5.83. The van der Waals surface area contributed by atoms with Gasteiger partial charge in [0, 0.05) is 17.8 Å². The number of nitrogens with zero attached hydrogens (tertiary/aromatic N) is 2. The SMILES string of the molecule is Cc1nccc(SCCCCl)n1. The van der Waals surface area contributed by atoms with Gasteiger partial charge in [0.2, 0.25) is 0 Å². The highest BCUT2D eigenvalue weighted by Gasteiger charge is 1.95. The van der Waals surface area contributed by atoms with Crippen LogP contribution in [0.5, 0.6) is 0 Å². The van der Waals surface area contributed by atoms with Crippen LogP contribution in [0, 0.1) is 6.92 Å². The monoisotopic (exact) mass is 202 g/mol. The Labute approximate surface area is 81.8 Å². The minimum atomic E-state index is 0.719. The Morgan fingerprint density at radius 2 is 2.42 bits per heavy atom. The van der Waals surface area contributed by atoms with Crippen LogP contribution in [-0.2, 0) is 0 Å². The molecule has 0 N–H and O–H groups in total. The third kappa shape index (κ3) is 3.41. The molecule has 12 heavy (non-hydrogen) atoms. The summed E-state index contributed by atoms with van der Waals surface area (Å²) in [5.74, 6) is 2.57. The van der Waals surface area contributed by atoms with Crippen LogP contribution in [0.3, 0.4) is 0 Å². The van der Waals surface area contributed by atoms with Gasteiger partial charge in [-0.1, -0.05) is 0 Å². The molecule has 1 heterocycles. The van der Waals surface area contributed by atoms with Gasteiger partial charge in [0.15, 0.2) is 0 Å². The zero-order valence-electron chi connectivity index (χ0n) is 6.96. The van der Waals surface area contributed by atoms with Crippen molar-refractivity contribution >= 4 is 23.4 Å². The predicted octanol–water partition coefficient (Wildman–Crippen LogP) is 2.51. The highest BCUT2D eigenvalue weighted by atomic mass is 35.5. The molecule has 0 aliphatic heterocycles. The van der Waals surface area contributed by atoms with Gasteiger partial charge >= 0.3 is 0 Å². The Hall–Kier alpha value is -0.280. The summed E-state index contributed by atoms with van der Waals surface area (Å²) in [4.78, 5) is 8.27. The van der Waals surface area contributed by atoms with E-state index in [2.05, 4.69) is 9.97 Å². The van der Waals surface area contributed by atoms with Crippen molar-refractivity contribution in [3.8, 4) is 0 Å². The van der Waals surface area contributed by atoms with Gasteiger partial charge in [-0.15, -0.1) is 23.4 Å². The molecule has 0 bridgehead atoms. The molecule has 0 fully saturated rings. The quantitative estimate of drug-likeness (QED) is 0.325. The lowest BCUT2D eigenvalue weighted by Crippen LogP contribution is -1.89. The van der Waals surface area contributed by atoms with Crippen LogP contribution < -0.4 is 0 Å². The topological polar surface area (TPSA) is 25.8 Å². The fraction of sp³-hybridized carbons (Fsp3) is 0.500. The Morgan fingerprint density at radius 1 is 1.58 bits per heavy atom. The van der Waals surface area contributed by atoms with Crippen LogP contribution >= 0.6 is 23.4 Å². The Morgan fingerprint density at radius 3 is 3.08 bits per heavy atom. The number of aryl methyl sites for hydroxylation is 1. The second-order valence-electron chi connectivity index (χ2n) is 2.33. The fourth-order valence-electron chi connectivity index (χ4n) is 0.746. The highest BCUT2D eigenvalue weighted by molar-refractivity contribution is 7.99. The molecule has 0 saturated heterocycles. The van der Waals surface area contributed by atoms with Crippen LogP contribution in [-0.4, -0.2) is 21.6 Å². The summed E-state index contributed by atoms with van der Waals surface area (Å²) in [5, 5.41) is 1.03. The Bertz CT molecular complexity index is 242. The molecule has 0 unspecified atom stereocenters. The standard InChI is InChI=1S/C8H11ClN2S/c1-7-10-5-3-8(11-7)12-6-2-4-9/h3,5H,2,4,6H2,1H3. The lowest BCUT2D eigenvalue weighted by atomic mass is 10.6. The number of thioether (sulfide) groups is 1. The molecule has 0 saturated carbocycles. The van der Waals surface area contributed by atoms with E-state index in [1.54, 1.807) is 18.0 Å². The first-order valence-corrected chi connectivity index (χ1v) is 5.33. The van der Waals surface area contributed by atoms with E-state index in [0.29, 0.717) is 0 Å². The van der Waals surface area contributed by atoms with E-state index in [4.69, 9.17) is 11.6 Å². The van der Waals surface area contributed by atoms with E-state index in [-0.39, 0.29) is 0 Å². The van der Waals surface area contributed by atoms with Crippen LogP contribution in [0.25, 0.3) is 0 Å². The minimum Gasteiger partial charge on any atom is -0.242 e. The second kappa shape index (κ2) is 5.38. The summed E-state index contributed by atoms with van der Waals surface area (Å²) in [5.41, 5.74) is 0. The smallest absolute Gasteiger partial charge is 0.126 e. The molecule has 0 radical (unpaired) electrons. The molecule has 4 heteroatoms. The molecule has 0 atom stereocenters. The van der Waals surface area contributed by atoms with Crippen molar-refractivity contribution < 1.29 is 0 Å². The summed E-state index contributed by atoms with van der Waals surface area (Å²) < 4.78 is 0. The van der Waals surface area contributed by atoms with Crippen molar-refractivity contribution in [2.75, 3.05) is 11.6 Å². The molecular weight excluding hydrogens is 192 g/mol. The molecule has 0 aliphatic rings. The third-order valence-corrected chi connectivity index (χ3v) is 2.56. The number of aromatic nitrogens is 2. The largest absolute Gasteiger partial charge is 0.242 e. The Balaban J connectivity index is 2.41. The molecule has 0 aliphatic carbocycles. The van der Waals surface area contributed by atoms with Gasteiger partial charge in [0.1, 0.15) is 5.82 Å². The molecule has 1 aromatic rings. The van der Waals surface area contributed by atoms with Crippen LogP contribution in [0.4, 0.5) is 0 Å². The predicted molar refractivity (Wildman–Crippen MR) is 52.8 cm³/mol. The molecule has 1 aromatic heterocycles. The van der Waals surface area contributed by atoms with Crippen LogP contribution in [0.1, 0.15) is 12.2 Å². The maximum atomic E-state index is 5.55. The average Bonchev–Trinajstić information content (AvgIpc) is 2.05. The van der Waals surface area contributed by atoms with Gasteiger partial charge in [-0.05, 0) is 19.4 Å². The third-order valence-electron chi connectivity index (χ3n) is 1.28. The molecule has 0 amide bonds. The number of hydrogen-bond acceptors (Lipinski definition) is 3. The van der Waals surface area contributed by atoms with E-state index >= 15 is 0 Å². The summed E-state index contributed by atoms with van der Waals surface area (Å²) in [7, 11) is 0. The molecule has 1 rings (SSSR count). The second-order valence-corrected chi connectivity index (χ2v) is 3.83. The van der Waals surface area contributed by atoms with Crippen molar-refractivity contribution in [3.05, 3.63) is 18.1 Å². The summed E-state index contributed by atoms with van der Waals surface area (Å²) in [6.45, 7) is 1.89. The normalized spacial score (nSPS) is 10.2.